The van der Waals surface area contributed by atoms with Crippen molar-refractivity contribution in [3.05, 3.63) is 0 Å². The van der Waals surface area contributed by atoms with Gasteiger partial charge in [-0.3, -0.25) is 4.79 Å². The van der Waals surface area contributed by atoms with E-state index in [-0.39, 0.29) is 0 Å². The molecule has 76 valence electrons. The van der Waals surface area contributed by atoms with Crippen molar-refractivity contribution in [2.75, 3.05) is 12.8 Å². The molecule has 0 spiro atoms. The van der Waals surface area contributed by atoms with Crippen LogP contribution in [0.4, 0.5) is 0 Å². The van der Waals surface area contributed by atoms with Crippen molar-refractivity contribution in [1.82, 2.24) is 0 Å². The maximum absolute atomic E-state index is 11.0. The van der Waals surface area contributed by atoms with Crippen LogP contribution in [0.25, 0.3) is 0 Å². The lowest BCUT2D eigenvalue weighted by Gasteiger charge is -2.17. The highest BCUT2D eigenvalue weighted by molar-refractivity contribution is 6.76. The highest BCUT2D eigenvalue weighted by atomic mass is 28.3. The van der Waals surface area contributed by atoms with E-state index in [4.69, 9.17) is 4.74 Å². The molecule has 1 fully saturated rings. The summed E-state index contributed by atoms with van der Waals surface area (Å²) >= 11 is 0. The zero-order chi connectivity index (χ0) is 9.90. The molecule has 1 aliphatic rings. The summed E-state index contributed by atoms with van der Waals surface area (Å²) in [5.41, 5.74) is 0. The van der Waals surface area contributed by atoms with Gasteiger partial charge in [-0.1, -0.05) is 19.6 Å². The van der Waals surface area contributed by atoms with Crippen LogP contribution >= 0.6 is 0 Å². The minimum Gasteiger partial charge on any atom is -0.384 e. The first-order valence-electron chi connectivity index (χ1n) is 5.07. The minimum absolute atomic E-state index is 0.418. The molecule has 0 amide bonds. The van der Waals surface area contributed by atoms with Crippen LogP contribution in [0.1, 0.15) is 19.3 Å². The Balaban J connectivity index is 2.10. The maximum Gasteiger partial charge on any atom is 0.133 e. The van der Waals surface area contributed by atoms with Gasteiger partial charge in [0.05, 0.1) is 8.07 Å². The monoisotopic (exact) mass is 200 g/mol. The van der Waals surface area contributed by atoms with E-state index < -0.39 is 8.07 Å². The smallest absolute Gasteiger partial charge is 0.133 e. The fourth-order valence-electron chi connectivity index (χ4n) is 1.57. The Kier molecular flexibility index (Phi) is 3.68. The molecule has 0 aromatic carbocycles. The lowest BCUT2D eigenvalue weighted by atomic mass is 10.1. The second-order valence-corrected chi connectivity index (χ2v) is 10.6. The predicted molar refractivity (Wildman–Crippen MR) is 56.5 cm³/mol. The summed E-state index contributed by atoms with van der Waals surface area (Å²) < 4.78 is 5.64. The van der Waals surface area contributed by atoms with E-state index in [0.29, 0.717) is 11.7 Å². The average molecular weight is 200 g/mol. The van der Waals surface area contributed by atoms with E-state index in [1.807, 2.05) is 0 Å². The molecule has 2 nitrogen and oxygen atoms in total. The van der Waals surface area contributed by atoms with Gasteiger partial charge in [0.25, 0.3) is 0 Å². The summed E-state index contributed by atoms with van der Waals surface area (Å²) in [7, 11) is -1.05. The molecule has 0 radical (unpaired) electrons. The molecular formula is C10H20O2Si. The quantitative estimate of drug-likeness (QED) is 0.651. The summed E-state index contributed by atoms with van der Waals surface area (Å²) in [5.74, 6) is 0.936. The van der Waals surface area contributed by atoms with E-state index in [1.54, 1.807) is 0 Å². The number of hydrogen-bond acceptors (Lipinski definition) is 2. The normalized spacial score (nSPS) is 23.9. The molecule has 1 saturated carbocycles. The molecule has 0 aromatic rings. The third kappa shape index (κ3) is 4.57. The average Bonchev–Trinajstić information content (AvgIpc) is 2.33. The fourth-order valence-corrected chi connectivity index (χ4v) is 2.30. The van der Waals surface area contributed by atoms with Crippen LogP contribution in [0.15, 0.2) is 0 Å². The standard InChI is InChI=1S/C10H20O2Si/c1-13(2,3)8-12-7-9-4-5-10(11)6-9/h9H,4-8H2,1-3H3/t9-/m0/s1. The van der Waals surface area contributed by atoms with Crippen LogP contribution < -0.4 is 0 Å². The summed E-state index contributed by atoms with van der Waals surface area (Å²) in [5, 5.41) is 0. The van der Waals surface area contributed by atoms with E-state index in [2.05, 4.69) is 19.6 Å². The lowest BCUT2D eigenvalue weighted by Crippen LogP contribution is -2.29. The van der Waals surface area contributed by atoms with Crippen LogP contribution in [0.5, 0.6) is 0 Å². The second-order valence-electron chi connectivity index (χ2n) is 5.22. The molecule has 0 unspecified atom stereocenters. The number of hydrogen-bond donors (Lipinski definition) is 0. The molecule has 0 aliphatic heterocycles. The van der Waals surface area contributed by atoms with Crippen LogP contribution in [0.2, 0.25) is 19.6 Å². The van der Waals surface area contributed by atoms with Crippen molar-refractivity contribution >= 4 is 13.9 Å². The van der Waals surface area contributed by atoms with Crippen LogP contribution in [-0.4, -0.2) is 26.7 Å². The Hall–Kier alpha value is -0.153. The van der Waals surface area contributed by atoms with E-state index >= 15 is 0 Å². The number of rotatable bonds is 4. The molecule has 1 atom stereocenters. The van der Waals surface area contributed by atoms with E-state index in [9.17, 15) is 4.79 Å². The second kappa shape index (κ2) is 4.38. The molecule has 0 heterocycles. The van der Waals surface area contributed by atoms with Gasteiger partial charge in [0.15, 0.2) is 0 Å². The van der Waals surface area contributed by atoms with Gasteiger partial charge in [-0.25, -0.2) is 0 Å². The number of carbonyl (C=O) groups is 1. The topological polar surface area (TPSA) is 26.3 Å². The van der Waals surface area contributed by atoms with Crippen LogP contribution in [-0.2, 0) is 9.53 Å². The van der Waals surface area contributed by atoms with Gasteiger partial charge in [-0.05, 0) is 12.3 Å². The zero-order valence-electron chi connectivity index (χ0n) is 8.93. The molecule has 1 rings (SSSR count). The first-order valence-corrected chi connectivity index (χ1v) is 8.77. The summed E-state index contributed by atoms with van der Waals surface area (Å²) in [6, 6.07) is 0. The van der Waals surface area contributed by atoms with Gasteiger partial charge in [-0.2, -0.15) is 0 Å². The van der Waals surface area contributed by atoms with Crippen molar-refractivity contribution in [3.8, 4) is 0 Å². The van der Waals surface area contributed by atoms with Crippen molar-refractivity contribution in [2.24, 2.45) is 5.92 Å². The first-order chi connectivity index (χ1) is 5.97. The van der Waals surface area contributed by atoms with Gasteiger partial charge in [0, 0.05) is 25.7 Å². The van der Waals surface area contributed by atoms with E-state index in [0.717, 1.165) is 32.1 Å². The Labute approximate surface area is 81.7 Å². The Morgan fingerprint density at radius 3 is 2.62 bits per heavy atom. The van der Waals surface area contributed by atoms with Crippen molar-refractivity contribution in [3.63, 3.8) is 0 Å². The fraction of sp³-hybridized carbons (Fsp3) is 0.900. The number of ketones is 1. The summed E-state index contributed by atoms with van der Waals surface area (Å²) in [6.45, 7) is 7.70. The van der Waals surface area contributed by atoms with Gasteiger partial charge >= 0.3 is 0 Å². The molecule has 1 aliphatic carbocycles. The van der Waals surface area contributed by atoms with E-state index in [1.165, 1.54) is 0 Å². The summed E-state index contributed by atoms with van der Waals surface area (Å²) in [6.07, 6.45) is 3.51. The molecule has 0 saturated heterocycles. The Morgan fingerprint density at radius 2 is 2.15 bits per heavy atom. The molecule has 0 N–H and O–H groups in total. The molecule has 3 heteroatoms. The molecule has 13 heavy (non-hydrogen) atoms. The Bertz CT molecular complexity index is 184. The van der Waals surface area contributed by atoms with Crippen LogP contribution in [0.3, 0.4) is 0 Å². The highest BCUT2D eigenvalue weighted by Crippen LogP contribution is 2.22. The summed E-state index contributed by atoms with van der Waals surface area (Å²) in [4.78, 5) is 11.0. The first kappa shape index (κ1) is 10.9. The molecule has 0 aromatic heterocycles. The predicted octanol–water partition coefficient (Wildman–Crippen LogP) is 2.25. The third-order valence-electron chi connectivity index (χ3n) is 2.24. The lowest BCUT2D eigenvalue weighted by molar-refractivity contribution is -0.117. The molecular weight excluding hydrogens is 180 g/mol. The van der Waals surface area contributed by atoms with Gasteiger partial charge < -0.3 is 4.74 Å². The molecule has 0 bridgehead atoms. The minimum atomic E-state index is -1.05. The zero-order valence-corrected chi connectivity index (χ0v) is 9.93. The van der Waals surface area contributed by atoms with Gasteiger partial charge in [0.2, 0.25) is 0 Å². The Morgan fingerprint density at radius 1 is 1.46 bits per heavy atom. The highest BCUT2D eigenvalue weighted by Gasteiger charge is 2.23. The van der Waals surface area contributed by atoms with Crippen molar-refractivity contribution in [1.29, 1.82) is 0 Å². The van der Waals surface area contributed by atoms with Crippen molar-refractivity contribution in [2.45, 2.75) is 38.9 Å². The third-order valence-corrected chi connectivity index (χ3v) is 3.31. The largest absolute Gasteiger partial charge is 0.384 e. The van der Waals surface area contributed by atoms with Crippen LogP contribution in [0, 0.1) is 5.92 Å². The SMILES string of the molecule is C[Si](C)(C)COC[C@H]1CCC(=O)C1. The van der Waals surface area contributed by atoms with Gasteiger partial charge in [-0.15, -0.1) is 0 Å². The van der Waals surface area contributed by atoms with Crippen molar-refractivity contribution < 1.29 is 9.53 Å². The van der Waals surface area contributed by atoms with Gasteiger partial charge in [0.1, 0.15) is 5.78 Å². The number of ether oxygens (including phenoxy) is 1. The number of carbonyl (C=O) groups excluding carboxylic acids is 1. The number of Topliss-reactive ketones (excluding diaryl/α,β-unsaturated/α-hetero) is 1. The maximum atomic E-state index is 11.0.